The van der Waals surface area contributed by atoms with E-state index in [0.717, 1.165) is 5.69 Å². The zero-order valence-corrected chi connectivity index (χ0v) is 12.3. The third-order valence-corrected chi connectivity index (χ3v) is 2.90. The molecule has 5 N–H and O–H groups in total. The minimum atomic E-state index is -0.801. The van der Waals surface area contributed by atoms with Crippen molar-refractivity contribution in [1.82, 2.24) is 0 Å². The van der Waals surface area contributed by atoms with Crippen molar-refractivity contribution >= 4 is 11.6 Å². The molecule has 19 heavy (non-hydrogen) atoms. The van der Waals surface area contributed by atoms with Crippen LogP contribution in [0.5, 0.6) is 0 Å². The van der Waals surface area contributed by atoms with Gasteiger partial charge in [-0.05, 0) is 36.5 Å². The Morgan fingerprint density at radius 3 is 2.37 bits per heavy atom. The van der Waals surface area contributed by atoms with Gasteiger partial charge < -0.3 is 16.8 Å². The summed E-state index contributed by atoms with van der Waals surface area (Å²) >= 11 is 0. The number of carbonyl (C=O) groups is 1. The largest absolute Gasteiger partial charge is 0.326 e. The lowest BCUT2D eigenvalue weighted by molar-refractivity contribution is -0.116. The van der Waals surface area contributed by atoms with Crippen LogP contribution in [0.25, 0.3) is 0 Å². The van der Waals surface area contributed by atoms with E-state index in [4.69, 9.17) is 11.5 Å². The van der Waals surface area contributed by atoms with Crippen LogP contribution in [0, 0.1) is 0 Å². The molecule has 4 heteroatoms. The molecule has 4 nitrogen and oxygen atoms in total. The molecule has 0 atom stereocenters. The van der Waals surface area contributed by atoms with Gasteiger partial charge in [0, 0.05) is 12.1 Å². The molecule has 0 saturated heterocycles. The normalized spacial score (nSPS) is 12.3. The molecule has 106 valence electrons. The molecule has 0 aromatic heterocycles. The minimum Gasteiger partial charge on any atom is -0.326 e. The average molecular weight is 263 g/mol. The van der Waals surface area contributed by atoms with E-state index in [2.05, 4.69) is 32.2 Å². The molecule has 0 saturated carbocycles. The van der Waals surface area contributed by atoms with E-state index in [-0.39, 0.29) is 11.3 Å². The van der Waals surface area contributed by atoms with E-state index in [9.17, 15) is 4.79 Å². The van der Waals surface area contributed by atoms with Gasteiger partial charge in [-0.15, -0.1) is 0 Å². The number of amides is 1. The first kappa shape index (κ1) is 15.7. The van der Waals surface area contributed by atoms with Gasteiger partial charge in [-0.3, -0.25) is 4.79 Å². The van der Waals surface area contributed by atoms with Crippen LogP contribution < -0.4 is 16.8 Å². The number of benzene rings is 1. The fraction of sp³-hybridized carbons (Fsp3) is 0.533. The summed E-state index contributed by atoms with van der Waals surface area (Å²) in [5.41, 5.74) is 12.6. The van der Waals surface area contributed by atoms with Crippen LogP contribution in [0.15, 0.2) is 24.3 Å². The molecule has 0 bridgehead atoms. The van der Waals surface area contributed by atoms with Crippen LogP contribution in [0.1, 0.15) is 46.1 Å². The van der Waals surface area contributed by atoms with Crippen LogP contribution in [-0.4, -0.2) is 11.6 Å². The molecule has 0 radical (unpaired) electrons. The molecule has 0 aliphatic carbocycles. The summed E-state index contributed by atoms with van der Waals surface area (Å²) in [7, 11) is 0. The molecule has 1 amide bonds. The van der Waals surface area contributed by atoms with Crippen molar-refractivity contribution in [3.63, 3.8) is 0 Å². The summed E-state index contributed by atoms with van der Waals surface area (Å²) < 4.78 is 0. The van der Waals surface area contributed by atoms with E-state index in [1.165, 1.54) is 5.56 Å². The second-order valence-electron chi connectivity index (χ2n) is 6.38. The average Bonchev–Trinajstić information content (AvgIpc) is 2.25. The van der Waals surface area contributed by atoms with Gasteiger partial charge >= 0.3 is 0 Å². The third-order valence-electron chi connectivity index (χ3n) is 2.90. The molecule has 1 aromatic rings. The van der Waals surface area contributed by atoms with E-state index in [0.29, 0.717) is 12.8 Å². The zero-order valence-electron chi connectivity index (χ0n) is 12.3. The monoisotopic (exact) mass is 263 g/mol. The molecule has 0 aliphatic rings. The van der Waals surface area contributed by atoms with E-state index >= 15 is 0 Å². The number of carbonyl (C=O) groups excluding carboxylic acids is 1. The third kappa shape index (κ3) is 5.85. The lowest BCUT2D eigenvalue weighted by Gasteiger charge is -2.20. The van der Waals surface area contributed by atoms with Gasteiger partial charge in [-0.25, -0.2) is 0 Å². The van der Waals surface area contributed by atoms with Crippen molar-refractivity contribution < 1.29 is 4.79 Å². The summed E-state index contributed by atoms with van der Waals surface area (Å²) in [5.74, 6) is -0.0619. The predicted molar refractivity (Wildman–Crippen MR) is 79.8 cm³/mol. The predicted octanol–water partition coefficient (Wildman–Crippen LogP) is 2.34. The Labute approximate surface area is 115 Å². The number of hydrogen-bond acceptors (Lipinski definition) is 3. The highest BCUT2D eigenvalue weighted by atomic mass is 16.1. The van der Waals surface area contributed by atoms with E-state index < -0.39 is 5.66 Å². The summed E-state index contributed by atoms with van der Waals surface area (Å²) in [6.45, 7) is 8.13. The summed E-state index contributed by atoms with van der Waals surface area (Å²) in [6.07, 6.45) is 0.779. The fourth-order valence-electron chi connectivity index (χ4n) is 1.67. The Kier molecular flexibility index (Phi) is 4.71. The number of hydrogen-bond donors (Lipinski definition) is 3. The molecule has 0 fully saturated rings. The summed E-state index contributed by atoms with van der Waals surface area (Å²) in [4.78, 5) is 11.8. The number of nitrogens with one attached hydrogen (secondary N) is 1. The van der Waals surface area contributed by atoms with Crippen molar-refractivity contribution in [3.05, 3.63) is 29.8 Å². The van der Waals surface area contributed by atoms with Gasteiger partial charge in [0.25, 0.3) is 0 Å². The molecular weight excluding hydrogens is 238 g/mol. The van der Waals surface area contributed by atoms with Crippen molar-refractivity contribution in [3.8, 4) is 0 Å². The Morgan fingerprint density at radius 2 is 1.84 bits per heavy atom. The van der Waals surface area contributed by atoms with Gasteiger partial charge in [0.15, 0.2) is 0 Å². The fourth-order valence-corrected chi connectivity index (χ4v) is 1.67. The molecule has 0 heterocycles. The maximum absolute atomic E-state index is 11.8. The Hall–Kier alpha value is -1.39. The topological polar surface area (TPSA) is 81.1 Å². The molecule has 0 spiro atoms. The smallest absolute Gasteiger partial charge is 0.224 e. The molecule has 0 unspecified atom stereocenters. The summed E-state index contributed by atoms with van der Waals surface area (Å²) in [6, 6.07) is 7.90. The molecular formula is C15H25N3O. The highest BCUT2D eigenvalue weighted by Crippen LogP contribution is 2.24. The van der Waals surface area contributed by atoms with Gasteiger partial charge in [0.05, 0.1) is 5.66 Å². The minimum absolute atomic E-state index is 0.0619. The Morgan fingerprint density at radius 1 is 1.21 bits per heavy atom. The number of anilines is 1. The van der Waals surface area contributed by atoms with Crippen LogP contribution in [0.4, 0.5) is 5.69 Å². The standard InChI is InChI=1S/C15H25N3O/c1-14(2,3)11-6-5-7-12(10-11)18-13(19)8-9-15(4,16)17/h5-7,10H,8-9,16-17H2,1-4H3,(H,18,19). The van der Waals surface area contributed by atoms with Crippen LogP contribution >= 0.6 is 0 Å². The van der Waals surface area contributed by atoms with E-state index in [1.54, 1.807) is 6.92 Å². The number of rotatable bonds is 4. The second kappa shape index (κ2) is 5.72. The van der Waals surface area contributed by atoms with Gasteiger partial charge in [-0.2, -0.15) is 0 Å². The molecule has 1 aromatic carbocycles. The molecule has 0 aliphatic heterocycles. The van der Waals surface area contributed by atoms with Crippen molar-refractivity contribution in [2.24, 2.45) is 11.5 Å². The zero-order chi connectivity index (χ0) is 14.7. The van der Waals surface area contributed by atoms with Gasteiger partial charge in [-0.1, -0.05) is 32.9 Å². The lowest BCUT2D eigenvalue weighted by atomic mass is 9.87. The Balaban J connectivity index is 2.65. The second-order valence-corrected chi connectivity index (χ2v) is 6.38. The van der Waals surface area contributed by atoms with Crippen LogP contribution in [-0.2, 0) is 10.2 Å². The Bertz CT molecular complexity index is 441. The first-order chi connectivity index (χ1) is 8.58. The number of nitrogens with two attached hydrogens (primary N) is 2. The SMILES string of the molecule is CC(N)(N)CCC(=O)Nc1cccc(C(C)(C)C)c1. The maximum atomic E-state index is 11.8. The van der Waals surface area contributed by atoms with Crippen LogP contribution in [0.2, 0.25) is 0 Å². The summed E-state index contributed by atoms with van der Waals surface area (Å²) in [5, 5.41) is 2.88. The van der Waals surface area contributed by atoms with E-state index in [1.807, 2.05) is 18.2 Å². The van der Waals surface area contributed by atoms with Crippen molar-refractivity contribution in [1.29, 1.82) is 0 Å². The lowest BCUT2D eigenvalue weighted by Crippen LogP contribution is -2.46. The molecule has 1 rings (SSSR count). The van der Waals surface area contributed by atoms with Crippen LogP contribution in [0.3, 0.4) is 0 Å². The first-order valence-electron chi connectivity index (χ1n) is 6.56. The maximum Gasteiger partial charge on any atom is 0.224 e. The highest BCUT2D eigenvalue weighted by Gasteiger charge is 2.16. The first-order valence-corrected chi connectivity index (χ1v) is 6.56. The van der Waals surface area contributed by atoms with Gasteiger partial charge in [0.2, 0.25) is 5.91 Å². The van der Waals surface area contributed by atoms with Crippen molar-refractivity contribution in [2.45, 2.75) is 51.6 Å². The quantitative estimate of drug-likeness (QED) is 0.729. The highest BCUT2D eigenvalue weighted by molar-refractivity contribution is 5.90. The van der Waals surface area contributed by atoms with Crippen molar-refractivity contribution in [2.75, 3.05) is 5.32 Å². The van der Waals surface area contributed by atoms with Gasteiger partial charge in [0.1, 0.15) is 0 Å².